The standard InChI is InChI=1S/C19H14F3N7O5/c20-19(21,22)12-2-1-3-13(9-12)25-17-16(29(33)34)18(24-10-23-17)27-26-15(30)8-11-4-6-14(7-5-11)28(31)32/h1-7,9-10H,8H2,(H,26,30)(H2,23,24,25,27). The van der Waals surface area contributed by atoms with Gasteiger partial charge in [-0.3, -0.25) is 35.9 Å². The number of anilines is 3. The molecule has 0 aliphatic rings. The Labute approximate surface area is 188 Å². The lowest BCUT2D eigenvalue weighted by Gasteiger charge is -2.12. The number of benzene rings is 2. The maximum absolute atomic E-state index is 12.9. The molecular weight excluding hydrogens is 463 g/mol. The summed E-state index contributed by atoms with van der Waals surface area (Å²) in [4.78, 5) is 40.3. The highest BCUT2D eigenvalue weighted by atomic mass is 19.4. The monoisotopic (exact) mass is 477 g/mol. The Kier molecular flexibility index (Phi) is 6.84. The Hall–Kier alpha value is -4.82. The third kappa shape index (κ3) is 5.90. The number of carbonyl (C=O) groups excluding carboxylic acids is 1. The zero-order chi connectivity index (χ0) is 24.9. The van der Waals surface area contributed by atoms with Crippen molar-refractivity contribution < 1.29 is 27.8 Å². The molecule has 0 saturated carbocycles. The number of alkyl halides is 3. The van der Waals surface area contributed by atoms with Crippen molar-refractivity contribution in [2.75, 3.05) is 10.7 Å². The highest BCUT2D eigenvalue weighted by Gasteiger charge is 2.31. The second-order valence-corrected chi connectivity index (χ2v) is 6.65. The second kappa shape index (κ2) is 9.76. The van der Waals surface area contributed by atoms with Crippen LogP contribution in [0.25, 0.3) is 0 Å². The van der Waals surface area contributed by atoms with E-state index in [1.54, 1.807) is 0 Å². The van der Waals surface area contributed by atoms with Crippen molar-refractivity contribution in [3.8, 4) is 0 Å². The number of non-ortho nitro benzene ring substituents is 1. The van der Waals surface area contributed by atoms with Crippen LogP contribution >= 0.6 is 0 Å². The highest BCUT2D eigenvalue weighted by Crippen LogP contribution is 2.34. The van der Waals surface area contributed by atoms with Gasteiger partial charge in [-0.15, -0.1) is 0 Å². The summed E-state index contributed by atoms with van der Waals surface area (Å²) in [5.74, 6) is -1.48. The molecule has 0 aliphatic heterocycles. The highest BCUT2D eigenvalue weighted by molar-refractivity contribution is 5.81. The number of hydrogen-bond donors (Lipinski definition) is 3. The molecule has 0 spiro atoms. The van der Waals surface area contributed by atoms with E-state index in [1.165, 1.54) is 30.3 Å². The first kappa shape index (κ1) is 23.8. The maximum Gasteiger partial charge on any atom is 0.416 e. The summed E-state index contributed by atoms with van der Waals surface area (Å²) < 4.78 is 38.8. The molecule has 0 radical (unpaired) electrons. The van der Waals surface area contributed by atoms with Crippen molar-refractivity contribution in [3.63, 3.8) is 0 Å². The molecule has 3 rings (SSSR count). The van der Waals surface area contributed by atoms with Crippen molar-refractivity contribution >= 4 is 34.6 Å². The Morgan fingerprint density at radius 3 is 2.26 bits per heavy atom. The van der Waals surface area contributed by atoms with Gasteiger partial charge in [0.25, 0.3) is 5.69 Å². The van der Waals surface area contributed by atoms with Crippen molar-refractivity contribution in [3.05, 3.63) is 86.2 Å². The van der Waals surface area contributed by atoms with E-state index in [1.807, 2.05) is 0 Å². The first-order valence-electron chi connectivity index (χ1n) is 9.26. The number of nitrogens with one attached hydrogen (secondary N) is 3. The summed E-state index contributed by atoms with van der Waals surface area (Å²) >= 11 is 0. The van der Waals surface area contributed by atoms with Gasteiger partial charge in [0.05, 0.1) is 21.8 Å². The summed E-state index contributed by atoms with van der Waals surface area (Å²) in [5.41, 5.74) is 2.98. The fourth-order valence-electron chi connectivity index (χ4n) is 2.74. The summed E-state index contributed by atoms with van der Waals surface area (Å²) in [6, 6.07) is 9.17. The van der Waals surface area contributed by atoms with Crippen LogP contribution in [0.2, 0.25) is 0 Å². The van der Waals surface area contributed by atoms with Gasteiger partial charge in [-0.05, 0) is 23.8 Å². The largest absolute Gasteiger partial charge is 0.416 e. The summed E-state index contributed by atoms with van der Waals surface area (Å²) in [5, 5.41) is 24.7. The van der Waals surface area contributed by atoms with E-state index in [2.05, 4.69) is 26.1 Å². The molecule has 12 nitrogen and oxygen atoms in total. The molecule has 0 bridgehead atoms. The number of nitro groups is 2. The van der Waals surface area contributed by atoms with Crippen molar-refractivity contribution in [2.45, 2.75) is 12.6 Å². The number of amides is 1. The summed E-state index contributed by atoms with van der Waals surface area (Å²) in [6.07, 6.45) is -3.91. The van der Waals surface area contributed by atoms with Gasteiger partial charge in [0.1, 0.15) is 6.33 Å². The molecular formula is C19H14F3N7O5. The molecule has 0 unspecified atom stereocenters. The molecule has 0 fully saturated rings. The van der Waals surface area contributed by atoms with Crippen molar-refractivity contribution in [1.29, 1.82) is 0 Å². The molecule has 15 heteroatoms. The van der Waals surface area contributed by atoms with Crippen LogP contribution in [-0.4, -0.2) is 25.7 Å². The number of carbonyl (C=O) groups is 1. The molecule has 176 valence electrons. The zero-order valence-corrected chi connectivity index (χ0v) is 16.9. The quantitative estimate of drug-likeness (QED) is 0.324. The second-order valence-electron chi connectivity index (χ2n) is 6.65. The number of hydrogen-bond acceptors (Lipinski definition) is 9. The number of rotatable bonds is 8. The van der Waals surface area contributed by atoms with E-state index in [-0.39, 0.29) is 17.8 Å². The van der Waals surface area contributed by atoms with E-state index < -0.39 is 44.8 Å². The molecule has 1 aromatic heterocycles. The summed E-state index contributed by atoms with van der Waals surface area (Å²) in [6.45, 7) is 0. The molecule has 1 amide bonds. The SMILES string of the molecule is O=C(Cc1ccc([N+](=O)[O-])cc1)NNc1ncnc(Nc2cccc(C(F)(F)F)c2)c1[N+](=O)[O-]. The number of hydrazine groups is 1. The Bertz CT molecular complexity index is 1240. The smallest absolute Gasteiger partial charge is 0.334 e. The van der Waals surface area contributed by atoms with Gasteiger partial charge in [-0.2, -0.15) is 13.2 Å². The number of nitrogens with zero attached hydrogens (tertiary/aromatic N) is 4. The Balaban J connectivity index is 1.74. The molecule has 0 aliphatic carbocycles. The molecule has 0 saturated heterocycles. The van der Waals surface area contributed by atoms with Crippen molar-refractivity contribution in [2.24, 2.45) is 0 Å². The minimum absolute atomic E-state index is 0.107. The molecule has 0 atom stereocenters. The summed E-state index contributed by atoms with van der Waals surface area (Å²) in [7, 11) is 0. The predicted octanol–water partition coefficient (Wildman–Crippen LogP) is 3.74. The first-order valence-corrected chi connectivity index (χ1v) is 9.26. The minimum Gasteiger partial charge on any atom is -0.334 e. The Morgan fingerprint density at radius 2 is 1.65 bits per heavy atom. The fraction of sp³-hybridized carbons (Fsp3) is 0.105. The average molecular weight is 477 g/mol. The lowest BCUT2D eigenvalue weighted by atomic mass is 10.1. The zero-order valence-electron chi connectivity index (χ0n) is 16.9. The number of halogens is 3. The van der Waals surface area contributed by atoms with Crippen LogP contribution in [0, 0.1) is 20.2 Å². The van der Waals surface area contributed by atoms with E-state index in [0.717, 1.165) is 24.5 Å². The van der Waals surface area contributed by atoms with Crippen LogP contribution in [0.1, 0.15) is 11.1 Å². The lowest BCUT2D eigenvalue weighted by Crippen LogP contribution is -2.31. The molecule has 34 heavy (non-hydrogen) atoms. The van der Waals surface area contributed by atoms with Gasteiger partial charge < -0.3 is 5.32 Å². The van der Waals surface area contributed by atoms with Gasteiger partial charge in [-0.25, -0.2) is 9.97 Å². The van der Waals surface area contributed by atoms with Crippen molar-refractivity contribution in [1.82, 2.24) is 15.4 Å². The van der Waals surface area contributed by atoms with Gasteiger partial charge in [0.15, 0.2) is 0 Å². The van der Waals surface area contributed by atoms with Crippen LogP contribution in [0.15, 0.2) is 54.9 Å². The van der Waals surface area contributed by atoms with Crippen LogP contribution < -0.4 is 16.2 Å². The number of nitro benzene ring substituents is 1. The predicted molar refractivity (Wildman–Crippen MR) is 112 cm³/mol. The third-order valence-electron chi connectivity index (χ3n) is 4.29. The van der Waals surface area contributed by atoms with Crippen LogP contribution in [-0.2, 0) is 17.4 Å². The van der Waals surface area contributed by atoms with Crippen LogP contribution in [0.4, 0.5) is 41.9 Å². The van der Waals surface area contributed by atoms with Crippen LogP contribution in [0.3, 0.4) is 0 Å². The van der Waals surface area contributed by atoms with Gasteiger partial charge in [0, 0.05) is 17.8 Å². The van der Waals surface area contributed by atoms with E-state index in [4.69, 9.17) is 0 Å². The van der Waals surface area contributed by atoms with Gasteiger partial charge in [-0.1, -0.05) is 18.2 Å². The van der Waals surface area contributed by atoms with E-state index >= 15 is 0 Å². The number of aromatic nitrogens is 2. The topological polar surface area (TPSA) is 165 Å². The normalized spacial score (nSPS) is 10.9. The lowest BCUT2D eigenvalue weighted by molar-refractivity contribution is -0.384. The Morgan fingerprint density at radius 1 is 0.971 bits per heavy atom. The molecule has 1 heterocycles. The van der Waals surface area contributed by atoms with E-state index in [0.29, 0.717) is 5.56 Å². The first-order chi connectivity index (χ1) is 16.0. The molecule has 3 N–H and O–H groups in total. The van der Waals surface area contributed by atoms with Gasteiger partial charge >= 0.3 is 11.9 Å². The molecule has 3 aromatic rings. The van der Waals surface area contributed by atoms with Gasteiger partial charge in [0.2, 0.25) is 17.5 Å². The fourth-order valence-corrected chi connectivity index (χ4v) is 2.74. The van der Waals surface area contributed by atoms with E-state index in [9.17, 15) is 38.2 Å². The average Bonchev–Trinajstić information content (AvgIpc) is 2.77. The van der Waals surface area contributed by atoms with Crippen LogP contribution in [0.5, 0.6) is 0 Å². The minimum atomic E-state index is -4.62. The maximum atomic E-state index is 12.9. The molecule has 2 aromatic carbocycles. The third-order valence-corrected chi connectivity index (χ3v) is 4.29.